The highest BCUT2D eigenvalue weighted by Crippen LogP contribution is 2.93. The SMILES string of the molecule is C=C[C@@H]1C[C@]1(C(=O)NS(=O)(=O)N(C)C(C)C)C1CCC12C(C)(C)[C@]21C[C@@H](C(N)=O)N(C(=O)[C@@H](NC(=O)[C@@H](NC(=O)[C@@H]2CCCCN2C(C)C)C2CCCCC2)C(C)(C)C)C1. The van der Waals surface area contributed by atoms with Gasteiger partial charge in [0.25, 0.3) is 0 Å². The summed E-state index contributed by atoms with van der Waals surface area (Å²) >= 11 is 0. The molecule has 0 aromatic heterocycles. The van der Waals surface area contributed by atoms with E-state index in [0.29, 0.717) is 19.3 Å². The molecule has 0 aromatic rings. The number of hydrogen-bond acceptors (Lipinski definition) is 8. The Morgan fingerprint density at radius 2 is 1.53 bits per heavy atom. The zero-order chi connectivity index (χ0) is 44.5. The van der Waals surface area contributed by atoms with Crippen molar-refractivity contribution in [3.63, 3.8) is 0 Å². The summed E-state index contributed by atoms with van der Waals surface area (Å²) in [6.45, 7) is 22.6. The van der Waals surface area contributed by atoms with Gasteiger partial charge in [-0.25, -0.2) is 4.72 Å². The number of hydrogen-bond donors (Lipinski definition) is 4. The summed E-state index contributed by atoms with van der Waals surface area (Å²) in [5.74, 6) is -2.60. The molecule has 6 fully saturated rings. The first-order valence-electron chi connectivity index (χ1n) is 22.8. The van der Waals surface area contributed by atoms with E-state index in [9.17, 15) is 27.6 Å². The second-order valence-corrected chi connectivity index (χ2v) is 23.3. The number of nitrogens with two attached hydrogens (primary N) is 1. The summed E-state index contributed by atoms with van der Waals surface area (Å²) in [5.41, 5.74) is 2.91. The van der Waals surface area contributed by atoms with Crippen LogP contribution in [0.25, 0.3) is 0 Å². The molecule has 0 bridgehead atoms. The van der Waals surface area contributed by atoms with Gasteiger partial charge in [0.05, 0.1) is 11.5 Å². The van der Waals surface area contributed by atoms with Gasteiger partial charge in [-0.1, -0.05) is 66.4 Å². The number of rotatable bonds is 14. The van der Waals surface area contributed by atoms with Gasteiger partial charge in [-0.15, -0.1) is 6.58 Å². The highest BCUT2D eigenvalue weighted by atomic mass is 32.2. The van der Waals surface area contributed by atoms with E-state index >= 15 is 4.79 Å². The number of allylic oxidation sites excluding steroid dienone is 1. The minimum absolute atomic E-state index is 0.0716. The molecule has 2 heterocycles. The summed E-state index contributed by atoms with van der Waals surface area (Å²) in [5, 5.41) is 6.31. The van der Waals surface area contributed by atoms with E-state index in [1.807, 2.05) is 20.8 Å². The number of carbonyl (C=O) groups is 5. The monoisotopic (exact) mass is 858 g/mol. The van der Waals surface area contributed by atoms with Gasteiger partial charge in [0.2, 0.25) is 29.5 Å². The number of nitrogens with zero attached hydrogens (tertiary/aromatic N) is 3. The lowest BCUT2D eigenvalue weighted by atomic mass is 9.56. The lowest BCUT2D eigenvalue weighted by Gasteiger charge is -2.47. The van der Waals surface area contributed by atoms with Gasteiger partial charge in [-0.3, -0.25) is 28.9 Å². The predicted octanol–water partition coefficient (Wildman–Crippen LogP) is 4.25. The third kappa shape index (κ3) is 7.41. The van der Waals surface area contributed by atoms with E-state index in [1.54, 1.807) is 24.8 Å². The zero-order valence-corrected chi connectivity index (χ0v) is 38.9. The first kappa shape index (κ1) is 46.5. The van der Waals surface area contributed by atoms with Crippen LogP contribution in [0.5, 0.6) is 0 Å². The molecule has 0 aromatic carbocycles. The van der Waals surface area contributed by atoms with Crippen molar-refractivity contribution in [2.24, 2.45) is 50.6 Å². The van der Waals surface area contributed by atoms with Crippen molar-refractivity contribution >= 4 is 39.7 Å². The number of carbonyl (C=O) groups excluding carboxylic acids is 5. The fraction of sp³-hybridized carbons (Fsp3) is 0.844. The first-order valence-corrected chi connectivity index (χ1v) is 24.2. The maximum atomic E-state index is 15.1. The Morgan fingerprint density at radius 1 is 0.900 bits per heavy atom. The molecular weight excluding hydrogens is 783 g/mol. The number of nitrogens with one attached hydrogen (secondary N) is 3. The van der Waals surface area contributed by atoms with Crippen LogP contribution < -0.4 is 21.1 Å². The number of primary amides is 1. The second-order valence-electron chi connectivity index (χ2n) is 21.5. The minimum atomic E-state index is -4.10. The fourth-order valence-corrected chi connectivity index (χ4v) is 14.1. The Balaban J connectivity index is 1.27. The van der Waals surface area contributed by atoms with Crippen molar-refractivity contribution in [1.82, 2.24) is 29.5 Å². The van der Waals surface area contributed by atoms with Crippen LogP contribution in [0, 0.1) is 44.8 Å². The van der Waals surface area contributed by atoms with E-state index in [4.69, 9.17) is 5.73 Å². The van der Waals surface area contributed by atoms with Crippen molar-refractivity contribution in [3.05, 3.63) is 12.7 Å². The largest absolute Gasteiger partial charge is 0.368 e. The van der Waals surface area contributed by atoms with Crippen molar-refractivity contribution < 1.29 is 32.4 Å². The number of amides is 5. The van der Waals surface area contributed by atoms with Gasteiger partial charge in [-0.2, -0.15) is 12.7 Å². The minimum Gasteiger partial charge on any atom is -0.368 e. The van der Waals surface area contributed by atoms with E-state index in [0.717, 1.165) is 68.6 Å². The average Bonchev–Trinajstić information content (AvgIpc) is 3.91. The number of piperidine rings is 1. The zero-order valence-electron chi connectivity index (χ0n) is 38.1. The smallest absolute Gasteiger partial charge is 0.303 e. The summed E-state index contributed by atoms with van der Waals surface area (Å²) < 4.78 is 30.2. The maximum Gasteiger partial charge on any atom is 0.303 e. The summed E-state index contributed by atoms with van der Waals surface area (Å²) in [7, 11) is -2.66. The third-order valence-corrected chi connectivity index (χ3v) is 18.4. The van der Waals surface area contributed by atoms with E-state index in [1.165, 1.54) is 7.05 Å². The molecule has 9 atom stereocenters. The molecule has 15 heteroatoms. The van der Waals surface area contributed by atoms with Gasteiger partial charge < -0.3 is 21.3 Å². The normalized spacial score (nSPS) is 34.0. The summed E-state index contributed by atoms with van der Waals surface area (Å²) in [4.78, 5) is 75.2. The molecule has 0 radical (unpaired) electrons. The quantitative estimate of drug-likeness (QED) is 0.187. The van der Waals surface area contributed by atoms with Gasteiger partial charge in [-0.05, 0) is 120 Å². The topological polar surface area (TPSA) is 191 Å². The summed E-state index contributed by atoms with van der Waals surface area (Å²) in [6, 6.07) is -3.29. The van der Waals surface area contributed by atoms with Crippen LogP contribution in [-0.4, -0.2) is 108 Å². The van der Waals surface area contributed by atoms with Crippen LogP contribution in [0.4, 0.5) is 0 Å². The molecule has 2 saturated heterocycles. The van der Waals surface area contributed by atoms with Crippen molar-refractivity contribution in [2.75, 3.05) is 20.1 Å². The lowest BCUT2D eigenvalue weighted by molar-refractivity contribution is -0.144. The molecule has 60 heavy (non-hydrogen) atoms. The molecule has 338 valence electrons. The molecule has 5 N–H and O–H groups in total. The molecule has 5 amide bonds. The van der Waals surface area contributed by atoms with Crippen molar-refractivity contribution in [3.8, 4) is 0 Å². The number of fused-ring (bicyclic) bond motifs is 1. The van der Waals surface area contributed by atoms with Gasteiger partial charge in [0.1, 0.15) is 18.1 Å². The molecule has 2 spiro atoms. The molecule has 2 unspecified atom stereocenters. The highest BCUT2D eigenvalue weighted by Gasteiger charge is 2.91. The molecule has 2 aliphatic heterocycles. The Labute approximate surface area is 359 Å². The maximum absolute atomic E-state index is 15.1. The van der Waals surface area contributed by atoms with Crippen LogP contribution in [0.2, 0.25) is 0 Å². The standard InChI is InChI=1S/C45H75N7O7S/c1-12-30-24-44(30,40(57)49-60(58,59)50(11)27(2)3)33-21-22-45(33)42(9,10)43(45)25-32(36(46)53)52(26-43)39(56)35(41(6,7)8)48-38(55)34(29-18-14-13-15-19-29)47-37(54)31-20-16-17-23-51(31)28(4)5/h12,27-35H,1,13-26H2,2-11H3,(H2,46,53)(H,47,54)(H,48,55)(H,49,57)/t30-,31+,32+,33?,34+,35-,43-,44-,45?/m1/s1. The van der Waals surface area contributed by atoms with Crippen molar-refractivity contribution in [2.45, 2.75) is 176 Å². The van der Waals surface area contributed by atoms with E-state index in [-0.39, 0.29) is 48.3 Å². The van der Waals surface area contributed by atoms with Crippen LogP contribution in [0.3, 0.4) is 0 Å². The lowest BCUT2D eigenvalue weighted by Crippen LogP contribution is -2.62. The molecule has 6 rings (SSSR count). The van der Waals surface area contributed by atoms with Gasteiger partial charge in [0, 0.05) is 31.1 Å². The van der Waals surface area contributed by atoms with Crippen molar-refractivity contribution in [1.29, 1.82) is 0 Å². The Hall–Kier alpha value is -3.04. The van der Waals surface area contributed by atoms with Crippen LogP contribution >= 0.6 is 0 Å². The molecule has 4 aliphatic carbocycles. The number of likely N-dealkylation sites (tertiary alicyclic amines) is 2. The second kappa shape index (κ2) is 16.3. The fourth-order valence-electron chi connectivity index (χ4n) is 13.0. The summed E-state index contributed by atoms with van der Waals surface area (Å²) in [6.07, 6.45) is 11.3. The predicted molar refractivity (Wildman–Crippen MR) is 231 cm³/mol. The van der Waals surface area contributed by atoms with Crippen LogP contribution in [0.1, 0.15) is 139 Å². The third-order valence-electron chi connectivity index (χ3n) is 16.8. The highest BCUT2D eigenvalue weighted by molar-refractivity contribution is 7.87. The first-order chi connectivity index (χ1) is 27.9. The van der Waals surface area contributed by atoms with Gasteiger partial charge in [0.15, 0.2) is 0 Å². The molecule has 6 aliphatic rings. The Kier molecular flexibility index (Phi) is 12.6. The van der Waals surface area contributed by atoms with E-state index < -0.39 is 79.0 Å². The molecule has 14 nitrogen and oxygen atoms in total. The van der Waals surface area contributed by atoms with Gasteiger partial charge >= 0.3 is 10.2 Å². The van der Waals surface area contributed by atoms with E-state index in [2.05, 4.69) is 54.5 Å². The molecular formula is C45H75N7O7S. The van der Waals surface area contributed by atoms with Crippen LogP contribution in [0.15, 0.2) is 12.7 Å². The van der Waals surface area contributed by atoms with Crippen LogP contribution in [-0.2, 0) is 34.2 Å². The Bertz CT molecular complexity index is 1840. The Morgan fingerprint density at radius 3 is 2.05 bits per heavy atom. The molecule has 4 saturated carbocycles. The average molecular weight is 858 g/mol.